The molecule has 0 fully saturated rings. The average molecular weight is 198 g/mol. The zero-order valence-electron chi connectivity index (χ0n) is 11.0. The molecule has 0 heterocycles. The van der Waals surface area contributed by atoms with Crippen molar-refractivity contribution < 1.29 is 0 Å². The fourth-order valence-corrected chi connectivity index (χ4v) is 2.29. The van der Waals surface area contributed by atoms with Crippen LogP contribution in [0.4, 0.5) is 0 Å². The van der Waals surface area contributed by atoms with Gasteiger partial charge in [0.05, 0.1) is 0 Å². The number of hydrogen-bond acceptors (Lipinski definition) is 0. The van der Waals surface area contributed by atoms with E-state index in [-0.39, 0.29) is 0 Å². The zero-order valence-corrected chi connectivity index (χ0v) is 11.0. The summed E-state index contributed by atoms with van der Waals surface area (Å²) in [5.41, 5.74) is 0. The average Bonchev–Trinajstić information content (AvgIpc) is 2.03. The van der Waals surface area contributed by atoms with Crippen molar-refractivity contribution in [2.75, 3.05) is 0 Å². The molecule has 0 N–H and O–H groups in total. The molecule has 2 atom stereocenters. The van der Waals surface area contributed by atoms with Crippen molar-refractivity contribution in [1.29, 1.82) is 0 Å². The Kier molecular flexibility index (Phi) is 8.32. The molecule has 0 spiro atoms. The van der Waals surface area contributed by atoms with Gasteiger partial charge >= 0.3 is 0 Å². The van der Waals surface area contributed by atoms with Crippen LogP contribution in [0.25, 0.3) is 0 Å². The first-order valence-electron chi connectivity index (χ1n) is 6.56. The monoisotopic (exact) mass is 198 g/mol. The summed E-state index contributed by atoms with van der Waals surface area (Å²) in [4.78, 5) is 0. The lowest BCUT2D eigenvalue weighted by Gasteiger charge is -2.16. The lowest BCUT2D eigenvalue weighted by molar-refractivity contribution is 0.358. The van der Waals surface area contributed by atoms with Crippen molar-refractivity contribution in [1.82, 2.24) is 0 Å². The van der Waals surface area contributed by atoms with E-state index in [9.17, 15) is 0 Å². The molecule has 0 aliphatic carbocycles. The lowest BCUT2D eigenvalue weighted by atomic mass is 9.90. The van der Waals surface area contributed by atoms with E-state index in [0.29, 0.717) is 0 Å². The van der Waals surface area contributed by atoms with Gasteiger partial charge < -0.3 is 0 Å². The highest BCUT2D eigenvalue weighted by Gasteiger charge is 2.08. The van der Waals surface area contributed by atoms with E-state index < -0.39 is 0 Å². The Labute approximate surface area is 91.5 Å². The van der Waals surface area contributed by atoms with E-state index in [4.69, 9.17) is 0 Å². The Hall–Kier alpha value is 0. The third kappa shape index (κ3) is 8.59. The predicted octanol–water partition coefficient (Wildman–Crippen LogP) is 5.28. The van der Waals surface area contributed by atoms with Gasteiger partial charge in [-0.15, -0.1) is 0 Å². The van der Waals surface area contributed by atoms with Crippen LogP contribution >= 0.6 is 0 Å². The smallest absolute Gasteiger partial charge is 0.0440 e. The van der Waals surface area contributed by atoms with Gasteiger partial charge in [-0.25, -0.2) is 0 Å². The normalized spacial score (nSPS) is 15.9. The van der Waals surface area contributed by atoms with E-state index in [2.05, 4.69) is 34.6 Å². The Balaban J connectivity index is 3.39. The minimum absolute atomic E-state index is 0.885. The Bertz CT molecular complexity index is 115. The summed E-state index contributed by atoms with van der Waals surface area (Å²) < 4.78 is 0. The number of rotatable bonds is 8. The van der Waals surface area contributed by atoms with Crippen molar-refractivity contribution in [2.45, 2.75) is 73.1 Å². The van der Waals surface area contributed by atoms with E-state index in [0.717, 1.165) is 17.8 Å². The third-order valence-electron chi connectivity index (χ3n) is 3.06. The van der Waals surface area contributed by atoms with Crippen molar-refractivity contribution >= 4 is 0 Å². The minimum Gasteiger partial charge on any atom is -0.0654 e. The molecule has 0 bridgehead atoms. The van der Waals surface area contributed by atoms with Gasteiger partial charge in [-0.2, -0.15) is 0 Å². The molecule has 0 aliphatic heterocycles. The lowest BCUT2D eigenvalue weighted by Crippen LogP contribution is -2.03. The van der Waals surface area contributed by atoms with Gasteiger partial charge in [0, 0.05) is 0 Å². The maximum absolute atomic E-state index is 2.42. The maximum atomic E-state index is 2.42. The summed E-state index contributed by atoms with van der Waals surface area (Å²) in [5.74, 6) is 2.76. The van der Waals surface area contributed by atoms with Crippen LogP contribution in [0.5, 0.6) is 0 Å². The molecule has 0 aromatic carbocycles. The molecule has 86 valence electrons. The molecule has 0 saturated heterocycles. The second-order valence-electron chi connectivity index (χ2n) is 5.56. The van der Waals surface area contributed by atoms with E-state index in [1.54, 1.807) is 0 Å². The molecule has 0 saturated carbocycles. The van der Waals surface area contributed by atoms with Crippen LogP contribution in [-0.4, -0.2) is 0 Å². The van der Waals surface area contributed by atoms with E-state index in [1.165, 1.54) is 38.5 Å². The molecule has 2 unspecified atom stereocenters. The molecule has 0 aromatic heterocycles. The third-order valence-corrected chi connectivity index (χ3v) is 3.06. The summed E-state index contributed by atoms with van der Waals surface area (Å²) in [6, 6.07) is 0. The standard InChI is InChI=1S/C14H30/c1-6-8-13(4)11-14(5)10-7-9-12(2)3/h12-14H,6-11H2,1-5H3. The fraction of sp³-hybridized carbons (Fsp3) is 1.00. The molecule has 0 nitrogen and oxygen atoms in total. The van der Waals surface area contributed by atoms with Crippen molar-refractivity contribution in [3.8, 4) is 0 Å². The van der Waals surface area contributed by atoms with Crippen LogP contribution < -0.4 is 0 Å². The van der Waals surface area contributed by atoms with Crippen LogP contribution in [0.2, 0.25) is 0 Å². The summed E-state index contributed by atoms with van der Waals surface area (Å²) in [5, 5.41) is 0. The van der Waals surface area contributed by atoms with E-state index in [1.807, 2.05) is 0 Å². The van der Waals surface area contributed by atoms with Crippen LogP contribution in [0.15, 0.2) is 0 Å². The molecular weight excluding hydrogens is 168 g/mol. The Morgan fingerprint density at radius 3 is 1.86 bits per heavy atom. The second-order valence-corrected chi connectivity index (χ2v) is 5.56. The first-order valence-corrected chi connectivity index (χ1v) is 6.56. The van der Waals surface area contributed by atoms with Gasteiger partial charge in [0.25, 0.3) is 0 Å². The van der Waals surface area contributed by atoms with Gasteiger partial charge in [-0.05, 0) is 24.2 Å². The van der Waals surface area contributed by atoms with Crippen molar-refractivity contribution in [2.24, 2.45) is 17.8 Å². The van der Waals surface area contributed by atoms with Gasteiger partial charge in [0.2, 0.25) is 0 Å². The molecule has 0 aromatic rings. The molecule has 0 rings (SSSR count). The molecule has 0 aliphatic rings. The Morgan fingerprint density at radius 2 is 1.36 bits per heavy atom. The second kappa shape index (κ2) is 8.32. The van der Waals surface area contributed by atoms with Crippen molar-refractivity contribution in [3.05, 3.63) is 0 Å². The van der Waals surface area contributed by atoms with Gasteiger partial charge in [0.1, 0.15) is 0 Å². The predicted molar refractivity (Wildman–Crippen MR) is 66.5 cm³/mol. The molecule has 0 amide bonds. The topological polar surface area (TPSA) is 0 Å². The Morgan fingerprint density at radius 1 is 0.786 bits per heavy atom. The largest absolute Gasteiger partial charge is 0.0654 e. The van der Waals surface area contributed by atoms with Crippen LogP contribution in [0, 0.1) is 17.8 Å². The molecule has 0 radical (unpaired) electrons. The first kappa shape index (κ1) is 14.0. The summed E-state index contributed by atoms with van der Waals surface area (Å²) in [6.45, 7) is 11.8. The highest BCUT2D eigenvalue weighted by atomic mass is 14.1. The number of hydrogen-bond donors (Lipinski definition) is 0. The summed E-state index contributed by atoms with van der Waals surface area (Å²) in [6.07, 6.45) is 8.47. The highest BCUT2D eigenvalue weighted by Crippen LogP contribution is 2.21. The van der Waals surface area contributed by atoms with Crippen LogP contribution in [0.3, 0.4) is 0 Å². The molecule has 0 heteroatoms. The van der Waals surface area contributed by atoms with Gasteiger partial charge in [-0.1, -0.05) is 66.7 Å². The van der Waals surface area contributed by atoms with Crippen LogP contribution in [-0.2, 0) is 0 Å². The van der Waals surface area contributed by atoms with Gasteiger partial charge in [-0.3, -0.25) is 0 Å². The van der Waals surface area contributed by atoms with Crippen LogP contribution in [0.1, 0.15) is 73.1 Å². The summed E-state index contributed by atoms with van der Waals surface area (Å²) in [7, 11) is 0. The minimum atomic E-state index is 0.885. The fourth-order valence-electron chi connectivity index (χ4n) is 2.29. The summed E-state index contributed by atoms with van der Waals surface area (Å²) >= 11 is 0. The van der Waals surface area contributed by atoms with Gasteiger partial charge in [0.15, 0.2) is 0 Å². The quantitative estimate of drug-likeness (QED) is 0.498. The van der Waals surface area contributed by atoms with Crippen molar-refractivity contribution in [3.63, 3.8) is 0 Å². The first-order chi connectivity index (χ1) is 6.56. The molecule has 14 heavy (non-hydrogen) atoms. The molecular formula is C14H30. The maximum Gasteiger partial charge on any atom is -0.0440 e. The zero-order chi connectivity index (χ0) is 11.0. The highest BCUT2D eigenvalue weighted by molar-refractivity contribution is 4.60. The van der Waals surface area contributed by atoms with E-state index >= 15 is 0 Å². The SMILES string of the molecule is CCCC(C)CC(C)CCCC(C)C.